The molecule has 9 heteroatoms. The fourth-order valence-corrected chi connectivity index (χ4v) is 5.15. The molecule has 0 bridgehead atoms. The third-order valence-electron chi connectivity index (χ3n) is 4.93. The van der Waals surface area contributed by atoms with Gasteiger partial charge < -0.3 is 19.1 Å². The van der Waals surface area contributed by atoms with Crippen LogP contribution in [0.15, 0.2) is 29.2 Å². The standard InChI is InChI=1S/C20H28N2O6S/c1-15-13-21(14-16(2)28-15)20(23)7-5-17-4-6-18(26-3)19(12-17)29(24,25)22-8-10-27-11-9-22/h4-7,12,15-16H,8-11,13-14H2,1-3H3. The van der Waals surface area contributed by atoms with Gasteiger partial charge in [0.15, 0.2) is 0 Å². The Morgan fingerprint density at radius 2 is 1.83 bits per heavy atom. The lowest BCUT2D eigenvalue weighted by Crippen LogP contribution is -2.47. The van der Waals surface area contributed by atoms with Gasteiger partial charge in [-0.3, -0.25) is 4.79 Å². The number of hydrogen-bond acceptors (Lipinski definition) is 6. The van der Waals surface area contributed by atoms with Gasteiger partial charge in [-0.25, -0.2) is 8.42 Å². The molecule has 1 aromatic rings. The number of morpholine rings is 2. The molecule has 0 N–H and O–H groups in total. The van der Waals surface area contributed by atoms with E-state index >= 15 is 0 Å². The predicted molar refractivity (Wildman–Crippen MR) is 108 cm³/mol. The minimum absolute atomic E-state index is 0.0117. The molecule has 1 aromatic carbocycles. The number of carbonyl (C=O) groups excluding carboxylic acids is 1. The van der Waals surface area contributed by atoms with Gasteiger partial charge in [0, 0.05) is 32.3 Å². The quantitative estimate of drug-likeness (QED) is 0.664. The van der Waals surface area contributed by atoms with Gasteiger partial charge in [0.25, 0.3) is 0 Å². The molecule has 0 saturated carbocycles. The second-order valence-electron chi connectivity index (χ2n) is 7.26. The number of sulfonamides is 1. The Kier molecular flexibility index (Phi) is 6.94. The molecular formula is C20H28N2O6S. The van der Waals surface area contributed by atoms with E-state index in [-0.39, 0.29) is 28.8 Å². The third kappa shape index (κ3) is 5.16. The maximum absolute atomic E-state index is 13.1. The highest BCUT2D eigenvalue weighted by Gasteiger charge is 2.29. The van der Waals surface area contributed by atoms with E-state index in [1.54, 1.807) is 23.1 Å². The molecule has 0 aromatic heterocycles. The number of hydrogen-bond donors (Lipinski definition) is 0. The summed E-state index contributed by atoms with van der Waals surface area (Å²) in [5.74, 6) is 0.149. The Hall–Kier alpha value is -1.94. The maximum Gasteiger partial charge on any atom is 0.246 e. The van der Waals surface area contributed by atoms with Crippen LogP contribution < -0.4 is 4.74 Å². The molecule has 2 fully saturated rings. The average Bonchev–Trinajstić information content (AvgIpc) is 2.71. The molecule has 0 spiro atoms. The summed E-state index contributed by atoms with van der Waals surface area (Å²) in [5.41, 5.74) is 0.611. The zero-order valence-electron chi connectivity index (χ0n) is 17.0. The fraction of sp³-hybridized carbons (Fsp3) is 0.550. The highest BCUT2D eigenvalue weighted by atomic mass is 32.2. The van der Waals surface area contributed by atoms with E-state index in [9.17, 15) is 13.2 Å². The predicted octanol–water partition coefficient (Wildman–Crippen LogP) is 1.37. The van der Waals surface area contributed by atoms with Crippen LogP contribution in [0.2, 0.25) is 0 Å². The van der Waals surface area contributed by atoms with Gasteiger partial charge in [-0.15, -0.1) is 0 Å². The first kappa shape index (κ1) is 21.8. The van der Waals surface area contributed by atoms with Crippen LogP contribution in [-0.4, -0.2) is 82.2 Å². The second-order valence-corrected chi connectivity index (χ2v) is 9.17. The van der Waals surface area contributed by atoms with Gasteiger partial charge in [-0.2, -0.15) is 4.31 Å². The zero-order valence-corrected chi connectivity index (χ0v) is 17.9. The van der Waals surface area contributed by atoms with Crippen LogP contribution in [0.5, 0.6) is 5.75 Å². The molecule has 2 aliphatic heterocycles. The summed E-state index contributed by atoms with van der Waals surface area (Å²) in [6, 6.07) is 4.87. The van der Waals surface area contributed by atoms with Crippen LogP contribution in [0, 0.1) is 0 Å². The third-order valence-corrected chi connectivity index (χ3v) is 6.85. The van der Waals surface area contributed by atoms with Crippen molar-refractivity contribution in [2.45, 2.75) is 31.0 Å². The molecule has 2 atom stereocenters. The molecule has 0 aliphatic carbocycles. The number of amides is 1. The number of carbonyl (C=O) groups is 1. The minimum Gasteiger partial charge on any atom is -0.495 e. The van der Waals surface area contributed by atoms with Gasteiger partial charge >= 0.3 is 0 Å². The van der Waals surface area contributed by atoms with Crippen LogP contribution in [0.3, 0.4) is 0 Å². The number of ether oxygens (including phenoxy) is 3. The second kappa shape index (κ2) is 9.25. The van der Waals surface area contributed by atoms with E-state index in [1.165, 1.54) is 23.6 Å². The summed E-state index contributed by atoms with van der Waals surface area (Å²) >= 11 is 0. The molecule has 29 heavy (non-hydrogen) atoms. The number of nitrogens with zero attached hydrogens (tertiary/aromatic N) is 2. The Balaban J connectivity index is 1.81. The fourth-order valence-electron chi connectivity index (χ4n) is 3.56. The Morgan fingerprint density at radius 3 is 2.45 bits per heavy atom. The summed E-state index contributed by atoms with van der Waals surface area (Å²) in [4.78, 5) is 14.4. The largest absolute Gasteiger partial charge is 0.495 e. The lowest BCUT2D eigenvalue weighted by Gasteiger charge is -2.34. The average molecular weight is 425 g/mol. The van der Waals surface area contributed by atoms with E-state index < -0.39 is 10.0 Å². The molecule has 0 radical (unpaired) electrons. The Bertz CT molecular complexity index is 854. The molecule has 1 amide bonds. The summed E-state index contributed by atoms with van der Waals surface area (Å²) in [6.45, 7) is 6.28. The first-order chi connectivity index (χ1) is 13.8. The summed E-state index contributed by atoms with van der Waals surface area (Å²) in [6.07, 6.45) is 3.08. The van der Waals surface area contributed by atoms with Gasteiger partial charge in [-0.05, 0) is 37.6 Å². The van der Waals surface area contributed by atoms with Crippen molar-refractivity contribution in [2.24, 2.45) is 0 Å². The number of benzene rings is 1. The van der Waals surface area contributed by atoms with Gasteiger partial charge in [0.05, 0.1) is 32.5 Å². The van der Waals surface area contributed by atoms with Crippen molar-refractivity contribution < 1.29 is 27.4 Å². The van der Waals surface area contributed by atoms with E-state index in [4.69, 9.17) is 14.2 Å². The topological polar surface area (TPSA) is 85.4 Å². The first-order valence-corrected chi connectivity index (χ1v) is 11.1. The van der Waals surface area contributed by atoms with Crippen LogP contribution in [-0.2, 0) is 24.3 Å². The Labute approximate surface area is 172 Å². The molecule has 2 heterocycles. The number of rotatable bonds is 5. The summed E-state index contributed by atoms with van der Waals surface area (Å²) in [5, 5.41) is 0. The molecule has 3 rings (SSSR count). The molecular weight excluding hydrogens is 396 g/mol. The van der Waals surface area contributed by atoms with Crippen molar-refractivity contribution >= 4 is 22.0 Å². The zero-order chi connectivity index (χ0) is 21.0. The summed E-state index contributed by atoms with van der Waals surface area (Å²) in [7, 11) is -2.28. The van der Waals surface area contributed by atoms with Crippen LogP contribution >= 0.6 is 0 Å². The highest BCUT2D eigenvalue weighted by Crippen LogP contribution is 2.29. The monoisotopic (exact) mass is 424 g/mol. The van der Waals surface area contributed by atoms with E-state index in [2.05, 4.69) is 0 Å². The van der Waals surface area contributed by atoms with Gasteiger partial charge in [0.2, 0.25) is 15.9 Å². The molecule has 2 aliphatic rings. The molecule has 2 unspecified atom stereocenters. The molecule has 8 nitrogen and oxygen atoms in total. The van der Waals surface area contributed by atoms with Crippen molar-refractivity contribution in [3.8, 4) is 5.75 Å². The maximum atomic E-state index is 13.1. The molecule has 160 valence electrons. The number of methoxy groups -OCH3 is 1. The van der Waals surface area contributed by atoms with Crippen molar-refractivity contribution in [3.63, 3.8) is 0 Å². The van der Waals surface area contributed by atoms with Gasteiger partial charge in [-0.1, -0.05) is 6.07 Å². The first-order valence-electron chi connectivity index (χ1n) is 9.69. The Morgan fingerprint density at radius 1 is 1.17 bits per heavy atom. The van der Waals surface area contributed by atoms with Crippen LogP contribution in [0.1, 0.15) is 19.4 Å². The van der Waals surface area contributed by atoms with E-state index in [0.29, 0.717) is 45.0 Å². The van der Waals surface area contributed by atoms with E-state index in [0.717, 1.165) is 0 Å². The summed E-state index contributed by atoms with van der Waals surface area (Å²) < 4.78 is 43.7. The normalized spacial score (nSPS) is 24.0. The van der Waals surface area contributed by atoms with Crippen molar-refractivity contribution in [2.75, 3.05) is 46.5 Å². The van der Waals surface area contributed by atoms with Crippen LogP contribution in [0.25, 0.3) is 6.08 Å². The van der Waals surface area contributed by atoms with Crippen molar-refractivity contribution in [1.29, 1.82) is 0 Å². The lowest BCUT2D eigenvalue weighted by molar-refractivity contribution is -0.137. The smallest absolute Gasteiger partial charge is 0.246 e. The van der Waals surface area contributed by atoms with Crippen LogP contribution in [0.4, 0.5) is 0 Å². The minimum atomic E-state index is -3.72. The molecule has 2 saturated heterocycles. The van der Waals surface area contributed by atoms with Crippen molar-refractivity contribution in [3.05, 3.63) is 29.8 Å². The SMILES string of the molecule is COc1ccc(C=CC(=O)N2CC(C)OC(C)C2)cc1S(=O)(=O)N1CCOCC1. The highest BCUT2D eigenvalue weighted by molar-refractivity contribution is 7.89. The lowest BCUT2D eigenvalue weighted by atomic mass is 10.2. The van der Waals surface area contributed by atoms with E-state index in [1.807, 2.05) is 13.8 Å². The van der Waals surface area contributed by atoms with Gasteiger partial charge in [0.1, 0.15) is 10.6 Å². The van der Waals surface area contributed by atoms with Crippen molar-refractivity contribution in [1.82, 2.24) is 9.21 Å².